The first-order chi connectivity index (χ1) is 7.05. The number of nitrogens with two attached hydrogens (primary N) is 2. The molecule has 15 heavy (non-hydrogen) atoms. The summed E-state index contributed by atoms with van der Waals surface area (Å²) in [6.45, 7) is 5.05. The van der Waals surface area contributed by atoms with E-state index in [1.54, 1.807) is 0 Å². The van der Waals surface area contributed by atoms with Gasteiger partial charge in [0.15, 0.2) is 0 Å². The maximum Gasteiger partial charge on any atom is 0.229 e. The molecule has 5 nitrogen and oxygen atoms in total. The number of ether oxygens (including phenoxy) is 3. The average Bonchev–Trinajstić information content (AvgIpc) is 2.26. The summed E-state index contributed by atoms with van der Waals surface area (Å²) in [7, 11) is 3.04. The van der Waals surface area contributed by atoms with Crippen LogP contribution >= 0.6 is 0 Å². The van der Waals surface area contributed by atoms with Crippen LogP contribution in [-0.4, -0.2) is 39.4 Å². The zero-order valence-electron chi connectivity index (χ0n) is 10.2. The second-order valence-corrected chi connectivity index (χ2v) is 3.49. The number of hydrogen-bond acceptors (Lipinski definition) is 5. The van der Waals surface area contributed by atoms with Gasteiger partial charge in [0.2, 0.25) is 5.91 Å². The Morgan fingerprint density at radius 2 is 1.80 bits per heavy atom. The molecule has 0 aromatic carbocycles. The molecule has 0 aliphatic carbocycles. The fourth-order valence-electron chi connectivity index (χ4n) is 1.57. The standard InChI is InChI=1S/C10H24N2O3/c1-5-15-9(6-7-11)8(2)10(12,13-3)14-4/h8-9H,5-7,11-12H2,1-4H3. The zero-order chi connectivity index (χ0) is 11.9. The highest BCUT2D eigenvalue weighted by molar-refractivity contribution is 4.78. The molecule has 0 bridgehead atoms. The summed E-state index contributed by atoms with van der Waals surface area (Å²) in [5.41, 5.74) is 11.5. The van der Waals surface area contributed by atoms with Crippen molar-refractivity contribution in [3.8, 4) is 0 Å². The Labute approximate surface area is 92.0 Å². The van der Waals surface area contributed by atoms with Gasteiger partial charge in [0.25, 0.3) is 0 Å². The van der Waals surface area contributed by atoms with Crippen LogP contribution in [0.15, 0.2) is 0 Å². The van der Waals surface area contributed by atoms with Crippen molar-refractivity contribution in [2.45, 2.75) is 32.3 Å². The Balaban J connectivity index is 4.50. The lowest BCUT2D eigenvalue weighted by atomic mass is 9.97. The molecule has 0 amide bonds. The van der Waals surface area contributed by atoms with E-state index in [-0.39, 0.29) is 12.0 Å². The van der Waals surface area contributed by atoms with Crippen LogP contribution in [0, 0.1) is 5.92 Å². The van der Waals surface area contributed by atoms with Crippen molar-refractivity contribution in [3.63, 3.8) is 0 Å². The normalized spacial score (nSPS) is 16.4. The smallest absolute Gasteiger partial charge is 0.229 e. The predicted molar refractivity (Wildman–Crippen MR) is 59.2 cm³/mol. The lowest BCUT2D eigenvalue weighted by Crippen LogP contribution is -2.54. The summed E-state index contributed by atoms with van der Waals surface area (Å²) in [5.74, 6) is -1.20. The molecule has 0 rings (SSSR count). The first kappa shape index (κ1) is 14.8. The maximum absolute atomic E-state index is 5.94. The molecule has 0 saturated heterocycles. The van der Waals surface area contributed by atoms with Gasteiger partial charge in [-0.3, -0.25) is 5.73 Å². The van der Waals surface area contributed by atoms with E-state index in [9.17, 15) is 0 Å². The van der Waals surface area contributed by atoms with Crippen LogP contribution in [0.2, 0.25) is 0 Å². The van der Waals surface area contributed by atoms with Crippen molar-refractivity contribution in [3.05, 3.63) is 0 Å². The van der Waals surface area contributed by atoms with Crippen molar-refractivity contribution in [1.29, 1.82) is 0 Å². The van der Waals surface area contributed by atoms with Gasteiger partial charge in [-0.1, -0.05) is 6.92 Å². The van der Waals surface area contributed by atoms with Crippen molar-refractivity contribution < 1.29 is 14.2 Å². The molecule has 5 heteroatoms. The highest BCUT2D eigenvalue weighted by Gasteiger charge is 2.37. The zero-order valence-corrected chi connectivity index (χ0v) is 10.2. The lowest BCUT2D eigenvalue weighted by Gasteiger charge is -2.36. The van der Waals surface area contributed by atoms with E-state index in [0.717, 1.165) is 6.42 Å². The molecule has 0 aliphatic rings. The SMILES string of the molecule is CCOC(CCN)C(C)C(N)(OC)OC. The minimum Gasteiger partial charge on any atom is -0.378 e. The van der Waals surface area contributed by atoms with Gasteiger partial charge in [-0.2, -0.15) is 0 Å². The predicted octanol–water partition coefficient (Wildman–Crippen LogP) is 0.282. The monoisotopic (exact) mass is 220 g/mol. The maximum atomic E-state index is 5.94. The van der Waals surface area contributed by atoms with Gasteiger partial charge in [0.1, 0.15) is 0 Å². The molecule has 0 aromatic rings. The largest absolute Gasteiger partial charge is 0.378 e. The molecule has 4 N–H and O–H groups in total. The summed E-state index contributed by atoms with van der Waals surface area (Å²) in [5, 5.41) is 0. The first-order valence-corrected chi connectivity index (χ1v) is 5.26. The molecule has 0 radical (unpaired) electrons. The summed E-state index contributed by atoms with van der Waals surface area (Å²) < 4.78 is 15.9. The summed E-state index contributed by atoms with van der Waals surface area (Å²) in [4.78, 5) is 0. The van der Waals surface area contributed by atoms with Crippen LogP contribution in [0.25, 0.3) is 0 Å². The molecular weight excluding hydrogens is 196 g/mol. The number of rotatable bonds is 8. The molecule has 0 fully saturated rings. The van der Waals surface area contributed by atoms with E-state index in [4.69, 9.17) is 25.7 Å². The van der Waals surface area contributed by atoms with Crippen molar-refractivity contribution in [2.75, 3.05) is 27.4 Å². The molecule has 0 saturated carbocycles. The molecule has 2 unspecified atom stereocenters. The molecule has 0 aromatic heterocycles. The average molecular weight is 220 g/mol. The van der Waals surface area contributed by atoms with E-state index in [1.165, 1.54) is 14.2 Å². The molecule has 0 heterocycles. The topological polar surface area (TPSA) is 79.7 Å². The van der Waals surface area contributed by atoms with E-state index < -0.39 is 5.91 Å². The second kappa shape index (κ2) is 7.14. The lowest BCUT2D eigenvalue weighted by molar-refractivity contribution is -0.252. The third-order valence-electron chi connectivity index (χ3n) is 2.66. The highest BCUT2D eigenvalue weighted by atomic mass is 16.7. The highest BCUT2D eigenvalue weighted by Crippen LogP contribution is 2.23. The third kappa shape index (κ3) is 4.04. The quantitative estimate of drug-likeness (QED) is 0.574. The number of hydrogen-bond donors (Lipinski definition) is 2. The van der Waals surface area contributed by atoms with Crippen LogP contribution in [-0.2, 0) is 14.2 Å². The van der Waals surface area contributed by atoms with Crippen molar-refractivity contribution in [1.82, 2.24) is 0 Å². The number of methoxy groups -OCH3 is 2. The molecule has 92 valence electrons. The van der Waals surface area contributed by atoms with Gasteiger partial charge in [-0.05, 0) is 19.9 Å². The molecular formula is C10H24N2O3. The van der Waals surface area contributed by atoms with Gasteiger partial charge in [0, 0.05) is 20.8 Å². The third-order valence-corrected chi connectivity index (χ3v) is 2.66. The van der Waals surface area contributed by atoms with Crippen LogP contribution < -0.4 is 11.5 Å². The Bertz CT molecular complexity index is 157. The molecule has 0 aliphatic heterocycles. The Morgan fingerprint density at radius 3 is 2.13 bits per heavy atom. The van der Waals surface area contributed by atoms with Gasteiger partial charge in [0.05, 0.1) is 12.0 Å². The van der Waals surface area contributed by atoms with Gasteiger partial charge in [-0.15, -0.1) is 0 Å². The second-order valence-electron chi connectivity index (χ2n) is 3.49. The Morgan fingerprint density at radius 1 is 1.27 bits per heavy atom. The summed E-state index contributed by atoms with van der Waals surface area (Å²) >= 11 is 0. The van der Waals surface area contributed by atoms with E-state index >= 15 is 0 Å². The van der Waals surface area contributed by atoms with Gasteiger partial charge >= 0.3 is 0 Å². The van der Waals surface area contributed by atoms with Crippen molar-refractivity contribution >= 4 is 0 Å². The van der Waals surface area contributed by atoms with E-state index in [0.29, 0.717) is 13.2 Å². The van der Waals surface area contributed by atoms with Gasteiger partial charge < -0.3 is 19.9 Å². The minimum atomic E-state index is -1.12. The molecule has 2 atom stereocenters. The molecule has 0 spiro atoms. The van der Waals surface area contributed by atoms with Gasteiger partial charge in [-0.25, -0.2) is 0 Å². The Kier molecular flexibility index (Phi) is 7.04. The van der Waals surface area contributed by atoms with E-state index in [1.807, 2.05) is 13.8 Å². The van der Waals surface area contributed by atoms with Crippen LogP contribution in [0.3, 0.4) is 0 Å². The first-order valence-electron chi connectivity index (χ1n) is 5.26. The van der Waals surface area contributed by atoms with Crippen LogP contribution in [0.5, 0.6) is 0 Å². The fraction of sp³-hybridized carbons (Fsp3) is 1.00. The van der Waals surface area contributed by atoms with E-state index in [2.05, 4.69) is 0 Å². The fourth-order valence-corrected chi connectivity index (χ4v) is 1.57. The summed E-state index contributed by atoms with van der Waals surface area (Å²) in [6.07, 6.45) is 0.686. The summed E-state index contributed by atoms with van der Waals surface area (Å²) in [6, 6.07) is 0. The minimum absolute atomic E-state index is 0.0510. The van der Waals surface area contributed by atoms with Crippen molar-refractivity contribution in [2.24, 2.45) is 17.4 Å². The Hall–Kier alpha value is -0.200. The van der Waals surface area contributed by atoms with Crippen LogP contribution in [0.4, 0.5) is 0 Å². The van der Waals surface area contributed by atoms with Crippen LogP contribution in [0.1, 0.15) is 20.3 Å².